The van der Waals surface area contributed by atoms with E-state index in [1.165, 1.54) is 17.8 Å². The molecule has 130 valence electrons. The maximum absolute atomic E-state index is 12.6. The number of hydrogen-bond acceptors (Lipinski definition) is 5. The van der Waals surface area contributed by atoms with E-state index in [1.807, 2.05) is 31.2 Å². The molecule has 1 saturated carbocycles. The molecule has 2 unspecified atom stereocenters. The van der Waals surface area contributed by atoms with Gasteiger partial charge in [0.2, 0.25) is 0 Å². The summed E-state index contributed by atoms with van der Waals surface area (Å²) in [7, 11) is 1.76. The zero-order valence-corrected chi connectivity index (χ0v) is 15.3. The monoisotopic (exact) mass is 356 g/mol. The maximum atomic E-state index is 12.6. The van der Waals surface area contributed by atoms with Crippen molar-refractivity contribution in [3.8, 4) is 10.8 Å². The van der Waals surface area contributed by atoms with E-state index in [1.54, 1.807) is 17.3 Å². The molecule has 0 radical (unpaired) electrons. The first-order chi connectivity index (χ1) is 12.0. The zero-order valence-electron chi connectivity index (χ0n) is 14.5. The number of thiazole rings is 1. The molecule has 1 amide bonds. The summed E-state index contributed by atoms with van der Waals surface area (Å²) in [4.78, 5) is 18.6. The predicted octanol–water partition coefficient (Wildman–Crippen LogP) is 4.70. The second-order valence-corrected chi connectivity index (χ2v) is 7.59. The van der Waals surface area contributed by atoms with Crippen molar-refractivity contribution in [2.75, 3.05) is 7.05 Å². The summed E-state index contributed by atoms with van der Waals surface area (Å²) in [6.45, 7) is 4.55. The molecule has 5 nitrogen and oxygen atoms in total. The molecule has 0 N–H and O–H groups in total. The molecule has 2 atom stereocenters. The van der Waals surface area contributed by atoms with Gasteiger partial charge in [-0.2, -0.15) is 0 Å². The van der Waals surface area contributed by atoms with E-state index < -0.39 is 0 Å². The van der Waals surface area contributed by atoms with Crippen LogP contribution in [0.1, 0.15) is 47.0 Å². The maximum Gasteiger partial charge on any atom is 0.273 e. The summed E-state index contributed by atoms with van der Waals surface area (Å²) in [5.41, 5.74) is 0.430. The van der Waals surface area contributed by atoms with Crippen LogP contribution in [0, 0.1) is 12.8 Å². The molecular formula is C19H20N2O3S. The topological polar surface area (TPSA) is 59.5 Å². The average molecular weight is 356 g/mol. The first-order valence-corrected chi connectivity index (χ1v) is 9.25. The van der Waals surface area contributed by atoms with Crippen molar-refractivity contribution in [1.82, 2.24) is 9.88 Å². The van der Waals surface area contributed by atoms with Gasteiger partial charge in [0, 0.05) is 18.3 Å². The molecule has 1 fully saturated rings. The quantitative estimate of drug-likeness (QED) is 0.665. The van der Waals surface area contributed by atoms with Crippen LogP contribution in [0.5, 0.6) is 0 Å². The third-order valence-corrected chi connectivity index (χ3v) is 5.43. The molecule has 3 aromatic heterocycles. The summed E-state index contributed by atoms with van der Waals surface area (Å²) < 4.78 is 11.5. The minimum absolute atomic E-state index is 0.122. The van der Waals surface area contributed by atoms with Crippen molar-refractivity contribution < 1.29 is 13.6 Å². The fraction of sp³-hybridized carbons (Fsp3) is 0.368. The Hall–Kier alpha value is -2.34. The van der Waals surface area contributed by atoms with Crippen molar-refractivity contribution in [3.05, 3.63) is 52.6 Å². The summed E-state index contributed by atoms with van der Waals surface area (Å²) in [6, 6.07) is 7.75. The number of aryl methyl sites for hydroxylation is 1. The van der Waals surface area contributed by atoms with Gasteiger partial charge in [-0.25, -0.2) is 4.98 Å². The van der Waals surface area contributed by atoms with Gasteiger partial charge in [-0.3, -0.25) is 4.79 Å². The number of carbonyl (C=O) groups excluding carboxylic acids is 1. The van der Waals surface area contributed by atoms with E-state index in [9.17, 15) is 4.79 Å². The highest BCUT2D eigenvalue weighted by Crippen LogP contribution is 2.47. The Morgan fingerprint density at radius 1 is 1.32 bits per heavy atom. The van der Waals surface area contributed by atoms with Crippen molar-refractivity contribution in [3.63, 3.8) is 0 Å². The van der Waals surface area contributed by atoms with Gasteiger partial charge in [0.25, 0.3) is 5.91 Å². The molecule has 3 heterocycles. The molecule has 3 aromatic rings. The lowest BCUT2D eigenvalue weighted by Crippen LogP contribution is -2.26. The van der Waals surface area contributed by atoms with Crippen molar-refractivity contribution in [1.29, 1.82) is 0 Å². The fourth-order valence-electron chi connectivity index (χ4n) is 2.93. The summed E-state index contributed by atoms with van der Waals surface area (Å²) in [6.07, 6.45) is 1.19. The van der Waals surface area contributed by atoms with Crippen LogP contribution in [-0.2, 0) is 6.54 Å². The molecule has 0 spiro atoms. The number of amides is 1. The van der Waals surface area contributed by atoms with Crippen molar-refractivity contribution in [2.24, 2.45) is 5.92 Å². The Balaban J connectivity index is 1.43. The van der Waals surface area contributed by atoms with Gasteiger partial charge in [-0.15, -0.1) is 11.3 Å². The van der Waals surface area contributed by atoms with Crippen LogP contribution in [0.2, 0.25) is 0 Å². The molecule has 0 aliphatic heterocycles. The average Bonchev–Trinajstić information content (AvgIpc) is 3.04. The minimum Gasteiger partial charge on any atom is -0.464 e. The molecule has 25 heavy (non-hydrogen) atoms. The van der Waals surface area contributed by atoms with E-state index in [2.05, 4.69) is 11.9 Å². The van der Waals surface area contributed by atoms with Crippen LogP contribution in [0.15, 0.2) is 38.5 Å². The van der Waals surface area contributed by atoms with Gasteiger partial charge in [-0.1, -0.05) is 6.92 Å². The first-order valence-electron chi connectivity index (χ1n) is 8.37. The van der Waals surface area contributed by atoms with Gasteiger partial charge >= 0.3 is 0 Å². The zero-order chi connectivity index (χ0) is 17.6. The first kappa shape index (κ1) is 16.1. The number of rotatable bonds is 5. The molecule has 0 saturated heterocycles. The summed E-state index contributed by atoms with van der Waals surface area (Å²) in [5.74, 6) is 4.50. The fourth-order valence-corrected chi connectivity index (χ4v) is 3.69. The number of carbonyl (C=O) groups is 1. The molecule has 1 aliphatic carbocycles. The third-order valence-electron chi connectivity index (χ3n) is 4.57. The van der Waals surface area contributed by atoms with Gasteiger partial charge in [0.05, 0.1) is 6.54 Å². The highest BCUT2D eigenvalue weighted by atomic mass is 32.1. The Bertz CT molecular complexity index is 907. The predicted molar refractivity (Wildman–Crippen MR) is 95.6 cm³/mol. The third kappa shape index (κ3) is 3.26. The van der Waals surface area contributed by atoms with Crippen LogP contribution < -0.4 is 0 Å². The van der Waals surface area contributed by atoms with Crippen LogP contribution >= 0.6 is 11.3 Å². The highest BCUT2D eigenvalue weighted by molar-refractivity contribution is 7.13. The van der Waals surface area contributed by atoms with Crippen LogP contribution in [-0.4, -0.2) is 22.8 Å². The van der Waals surface area contributed by atoms with E-state index in [0.29, 0.717) is 34.8 Å². The summed E-state index contributed by atoms with van der Waals surface area (Å²) in [5, 5.41) is 2.48. The smallest absolute Gasteiger partial charge is 0.273 e. The van der Waals surface area contributed by atoms with Crippen LogP contribution in [0.25, 0.3) is 10.8 Å². The standard InChI is InChI=1S/C19H20N2O3S/c1-11-8-14(11)16-7-5-13(24-16)9-21(3)19(22)15-10-25-18(20-15)17-6-4-12(2)23-17/h4-7,10-11,14H,8-9H2,1-3H3. The molecule has 0 bridgehead atoms. The second-order valence-electron chi connectivity index (χ2n) is 6.73. The molecular weight excluding hydrogens is 336 g/mol. The lowest BCUT2D eigenvalue weighted by atomic mass is 10.3. The van der Waals surface area contributed by atoms with E-state index >= 15 is 0 Å². The second kappa shape index (κ2) is 6.19. The van der Waals surface area contributed by atoms with Gasteiger partial charge in [-0.05, 0) is 43.5 Å². The molecule has 1 aliphatic rings. The Morgan fingerprint density at radius 2 is 2.12 bits per heavy atom. The van der Waals surface area contributed by atoms with Crippen molar-refractivity contribution >= 4 is 17.2 Å². The largest absolute Gasteiger partial charge is 0.464 e. The van der Waals surface area contributed by atoms with Gasteiger partial charge in [0.15, 0.2) is 10.8 Å². The lowest BCUT2D eigenvalue weighted by Gasteiger charge is -2.14. The number of aromatic nitrogens is 1. The van der Waals surface area contributed by atoms with E-state index in [0.717, 1.165) is 17.3 Å². The Kier molecular flexibility index (Phi) is 4.00. The van der Waals surface area contributed by atoms with Gasteiger partial charge in [0.1, 0.15) is 23.0 Å². The highest BCUT2D eigenvalue weighted by Gasteiger charge is 2.36. The van der Waals surface area contributed by atoms with Crippen LogP contribution in [0.4, 0.5) is 0 Å². The number of nitrogens with zero attached hydrogens (tertiary/aromatic N) is 2. The van der Waals surface area contributed by atoms with Crippen molar-refractivity contribution in [2.45, 2.75) is 32.7 Å². The minimum atomic E-state index is -0.122. The number of furan rings is 2. The number of hydrogen-bond donors (Lipinski definition) is 0. The lowest BCUT2D eigenvalue weighted by molar-refractivity contribution is 0.0770. The summed E-state index contributed by atoms with van der Waals surface area (Å²) >= 11 is 1.41. The normalized spacial score (nSPS) is 19.2. The molecule has 6 heteroatoms. The Morgan fingerprint density at radius 3 is 2.80 bits per heavy atom. The van der Waals surface area contributed by atoms with Crippen LogP contribution in [0.3, 0.4) is 0 Å². The molecule has 0 aromatic carbocycles. The van der Waals surface area contributed by atoms with E-state index in [4.69, 9.17) is 8.83 Å². The van der Waals surface area contributed by atoms with Gasteiger partial charge < -0.3 is 13.7 Å². The van der Waals surface area contributed by atoms with E-state index in [-0.39, 0.29) is 5.91 Å². The molecule has 4 rings (SSSR count). The Labute approximate surface area is 150 Å². The SMILES string of the molecule is Cc1ccc(-c2nc(C(=O)N(C)Cc3ccc(C4CC4C)o3)cs2)o1.